The lowest BCUT2D eigenvalue weighted by Crippen LogP contribution is -2.51. The first-order valence-electron chi connectivity index (χ1n) is 7.59. The highest BCUT2D eigenvalue weighted by molar-refractivity contribution is 4.94. The molecule has 2 atom stereocenters. The predicted octanol–water partition coefficient (Wildman–Crippen LogP) is 1.30. The van der Waals surface area contributed by atoms with Gasteiger partial charge >= 0.3 is 0 Å². The minimum absolute atomic E-state index is 0.804. The van der Waals surface area contributed by atoms with Gasteiger partial charge in [0.15, 0.2) is 0 Å². The van der Waals surface area contributed by atoms with Crippen molar-refractivity contribution in [1.82, 2.24) is 15.1 Å². The molecule has 3 rings (SSSR count). The van der Waals surface area contributed by atoms with Crippen LogP contribution >= 0.6 is 0 Å². The zero-order valence-electron chi connectivity index (χ0n) is 11.2. The molecule has 3 aliphatic rings. The van der Waals surface area contributed by atoms with Crippen molar-refractivity contribution in [2.45, 2.75) is 57.2 Å². The summed E-state index contributed by atoms with van der Waals surface area (Å²) in [6.07, 6.45) is 7.09. The maximum Gasteiger partial charge on any atom is 0.0238 e. The lowest BCUT2D eigenvalue weighted by Gasteiger charge is -2.38. The normalized spacial score (nSPS) is 35.6. The van der Waals surface area contributed by atoms with Crippen LogP contribution in [0.25, 0.3) is 0 Å². The maximum absolute atomic E-state index is 3.56. The van der Waals surface area contributed by atoms with Crippen LogP contribution in [0.3, 0.4) is 0 Å². The average molecular weight is 237 g/mol. The van der Waals surface area contributed by atoms with Gasteiger partial charge in [-0.3, -0.25) is 9.80 Å². The Kier molecular flexibility index (Phi) is 3.69. The fraction of sp³-hybridized carbons (Fsp3) is 1.00. The first kappa shape index (κ1) is 11.9. The molecule has 0 amide bonds. The standard InChI is InChI=1S/C14H27N3/c1-2-17(13-4-3-8-15-10-13)14-7-9-16(11-14)12-5-6-12/h12-15H,2-11H2,1H3. The summed E-state index contributed by atoms with van der Waals surface area (Å²) in [6, 6.07) is 2.60. The molecule has 0 aromatic heterocycles. The first-order chi connectivity index (χ1) is 8.38. The van der Waals surface area contributed by atoms with Crippen molar-refractivity contribution < 1.29 is 0 Å². The number of nitrogens with zero attached hydrogens (tertiary/aromatic N) is 2. The van der Waals surface area contributed by atoms with E-state index in [1.807, 2.05) is 0 Å². The Labute approximate surface area is 106 Å². The van der Waals surface area contributed by atoms with Gasteiger partial charge in [0.1, 0.15) is 0 Å². The Bertz CT molecular complexity index is 246. The van der Waals surface area contributed by atoms with Crippen LogP contribution in [0.2, 0.25) is 0 Å². The highest BCUT2D eigenvalue weighted by atomic mass is 15.3. The van der Waals surface area contributed by atoms with E-state index in [1.165, 1.54) is 64.8 Å². The molecule has 0 radical (unpaired) electrons. The summed E-state index contributed by atoms with van der Waals surface area (Å²) in [7, 11) is 0. The second kappa shape index (κ2) is 5.25. The van der Waals surface area contributed by atoms with Crippen LogP contribution in [-0.2, 0) is 0 Å². The van der Waals surface area contributed by atoms with Crippen LogP contribution in [0.4, 0.5) is 0 Å². The smallest absolute Gasteiger partial charge is 0.0238 e. The van der Waals surface area contributed by atoms with Gasteiger partial charge in [0.2, 0.25) is 0 Å². The Morgan fingerprint density at radius 2 is 2.06 bits per heavy atom. The van der Waals surface area contributed by atoms with Gasteiger partial charge in [-0.05, 0) is 45.2 Å². The maximum atomic E-state index is 3.56. The van der Waals surface area contributed by atoms with Gasteiger partial charge in [0.05, 0.1) is 0 Å². The van der Waals surface area contributed by atoms with Crippen LogP contribution in [0.5, 0.6) is 0 Å². The van der Waals surface area contributed by atoms with E-state index in [9.17, 15) is 0 Å². The molecule has 2 aliphatic heterocycles. The molecular weight excluding hydrogens is 210 g/mol. The largest absolute Gasteiger partial charge is 0.315 e. The van der Waals surface area contributed by atoms with E-state index >= 15 is 0 Å². The molecule has 2 saturated heterocycles. The second-order valence-electron chi connectivity index (χ2n) is 6.00. The third-order valence-corrected chi connectivity index (χ3v) is 4.83. The van der Waals surface area contributed by atoms with Gasteiger partial charge in [-0.15, -0.1) is 0 Å². The Morgan fingerprint density at radius 1 is 1.18 bits per heavy atom. The lowest BCUT2D eigenvalue weighted by molar-refractivity contribution is 0.119. The fourth-order valence-electron chi connectivity index (χ4n) is 3.74. The summed E-state index contributed by atoms with van der Waals surface area (Å²) in [6.45, 7) is 8.71. The topological polar surface area (TPSA) is 18.5 Å². The third-order valence-electron chi connectivity index (χ3n) is 4.83. The molecule has 2 heterocycles. The molecule has 1 aliphatic carbocycles. The molecule has 2 unspecified atom stereocenters. The zero-order valence-corrected chi connectivity index (χ0v) is 11.2. The van der Waals surface area contributed by atoms with Crippen LogP contribution in [0.15, 0.2) is 0 Å². The van der Waals surface area contributed by atoms with Crippen molar-refractivity contribution >= 4 is 0 Å². The summed E-state index contributed by atoms with van der Waals surface area (Å²) in [5.74, 6) is 0. The molecule has 3 fully saturated rings. The SMILES string of the molecule is CCN(C1CCCNC1)C1CCN(C2CC2)C1. The second-order valence-corrected chi connectivity index (χ2v) is 6.00. The average Bonchev–Trinajstić information content (AvgIpc) is 3.12. The van der Waals surface area contributed by atoms with E-state index in [0.29, 0.717) is 0 Å². The van der Waals surface area contributed by atoms with Crippen LogP contribution in [0, 0.1) is 0 Å². The molecule has 0 aromatic rings. The molecule has 3 heteroatoms. The summed E-state index contributed by atoms with van der Waals surface area (Å²) < 4.78 is 0. The minimum atomic E-state index is 0.804. The molecule has 0 aromatic carbocycles. The molecule has 0 spiro atoms. The van der Waals surface area contributed by atoms with Crippen molar-refractivity contribution in [2.75, 3.05) is 32.7 Å². The Hall–Kier alpha value is -0.120. The fourth-order valence-corrected chi connectivity index (χ4v) is 3.74. The van der Waals surface area contributed by atoms with Crippen LogP contribution < -0.4 is 5.32 Å². The van der Waals surface area contributed by atoms with Gasteiger partial charge in [-0.25, -0.2) is 0 Å². The molecule has 0 bridgehead atoms. The van der Waals surface area contributed by atoms with Gasteiger partial charge in [-0.1, -0.05) is 6.92 Å². The van der Waals surface area contributed by atoms with Crippen molar-refractivity contribution in [1.29, 1.82) is 0 Å². The van der Waals surface area contributed by atoms with Gasteiger partial charge in [0, 0.05) is 37.8 Å². The highest BCUT2D eigenvalue weighted by Crippen LogP contribution is 2.31. The van der Waals surface area contributed by atoms with Crippen molar-refractivity contribution in [3.8, 4) is 0 Å². The van der Waals surface area contributed by atoms with Crippen LogP contribution in [0.1, 0.15) is 39.0 Å². The number of hydrogen-bond donors (Lipinski definition) is 1. The number of likely N-dealkylation sites (N-methyl/N-ethyl adjacent to an activating group) is 1. The van der Waals surface area contributed by atoms with E-state index in [-0.39, 0.29) is 0 Å². The number of nitrogens with one attached hydrogen (secondary N) is 1. The van der Waals surface area contributed by atoms with E-state index in [0.717, 1.165) is 18.1 Å². The predicted molar refractivity (Wildman–Crippen MR) is 71.3 cm³/mol. The summed E-state index contributed by atoms with van der Waals surface area (Å²) >= 11 is 0. The van der Waals surface area contributed by atoms with Crippen molar-refractivity contribution in [3.63, 3.8) is 0 Å². The molecule has 17 heavy (non-hydrogen) atoms. The summed E-state index contributed by atoms with van der Waals surface area (Å²) in [5.41, 5.74) is 0. The number of rotatable bonds is 4. The number of likely N-dealkylation sites (tertiary alicyclic amines) is 1. The highest BCUT2D eigenvalue weighted by Gasteiger charge is 2.37. The summed E-state index contributed by atoms with van der Waals surface area (Å²) in [4.78, 5) is 5.53. The number of hydrogen-bond acceptors (Lipinski definition) is 3. The lowest BCUT2D eigenvalue weighted by atomic mass is 10.0. The Balaban J connectivity index is 1.56. The van der Waals surface area contributed by atoms with Crippen molar-refractivity contribution in [2.24, 2.45) is 0 Å². The van der Waals surface area contributed by atoms with Gasteiger partial charge in [-0.2, -0.15) is 0 Å². The van der Waals surface area contributed by atoms with E-state index in [4.69, 9.17) is 0 Å². The van der Waals surface area contributed by atoms with Gasteiger partial charge in [0.25, 0.3) is 0 Å². The van der Waals surface area contributed by atoms with Crippen LogP contribution in [-0.4, -0.2) is 60.6 Å². The minimum Gasteiger partial charge on any atom is -0.315 e. The van der Waals surface area contributed by atoms with E-state index in [1.54, 1.807) is 0 Å². The molecule has 3 nitrogen and oxygen atoms in total. The number of piperidine rings is 1. The molecule has 1 saturated carbocycles. The molecule has 1 N–H and O–H groups in total. The quantitative estimate of drug-likeness (QED) is 0.795. The third kappa shape index (κ3) is 2.67. The monoisotopic (exact) mass is 237 g/mol. The summed E-state index contributed by atoms with van der Waals surface area (Å²) in [5, 5.41) is 3.56. The van der Waals surface area contributed by atoms with Crippen molar-refractivity contribution in [3.05, 3.63) is 0 Å². The molecular formula is C14H27N3. The van der Waals surface area contributed by atoms with Gasteiger partial charge < -0.3 is 5.32 Å². The van der Waals surface area contributed by atoms with E-state index < -0.39 is 0 Å². The van der Waals surface area contributed by atoms with E-state index in [2.05, 4.69) is 22.0 Å². The Morgan fingerprint density at radius 3 is 2.71 bits per heavy atom. The molecule has 98 valence electrons. The zero-order chi connectivity index (χ0) is 11.7. The first-order valence-corrected chi connectivity index (χ1v) is 7.59.